The van der Waals surface area contributed by atoms with Gasteiger partial charge in [-0.25, -0.2) is 0 Å². The Morgan fingerprint density at radius 3 is 2.19 bits per heavy atom. The lowest BCUT2D eigenvalue weighted by Gasteiger charge is -2.41. The van der Waals surface area contributed by atoms with Crippen LogP contribution < -0.4 is 0 Å². The van der Waals surface area contributed by atoms with Gasteiger partial charge in [0.1, 0.15) is 5.78 Å². The molecule has 0 amide bonds. The highest BCUT2D eigenvalue weighted by molar-refractivity contribution is 7.85. The number of ketones is 1. The summed E-state index contributed by atoms with van der Waals surface area (Å²) in [6.07, 6.45) is 1.36. The Kier molecular flexibility index (Phi) is 3.25. The van der Waals surface area contributed by atoms with Crippen LogP contribution in [0.15, 0.2) is 0 Å². The van der Waals surface area contributed by atoms with Gasteiger partial charge in [0.25, 0.3) is 10.1 Å². The maximum Gasteiger partial charge on any atom is 0.265 e. The summed E-state index contributed by atoms with van der Waals surface area (Å²) in [7, 11) is -4.13. The molecule has 1 rings (SSSR count). The van der Waals surface area contributed by atoms with Crippen molar-refractivity contribution >= 4 is 15.9 Å². The lowest BCUT2D eigenvalue weighted by atomic mass is 9.64. The van der Waals surface area contributed by atoms with E-state index in [0.717, 1.165) is 6.42 Å². The van der Waals surface area contributed by atoms with E-state index in [-0.39, 0.29) is 11.7 Å². The van der Waals surface area contributed by atoms with Gasteiger partial charge in [0.15, 0.2) is 0 Å². The Balaban J connectivity index is 3.24. The summed E-state index contributed by atoms with van der Waals surface area (Å²) >= 11 is 0. The molecule has 0 radical (unpaired) electrons. The molecule has 94 valence electrons. The zero-order chi connectivity index (χ0) is 12.8. The summed E-state index contributed by atoms with van der Waals surface area (Å²) in [5.74, 6) is -0.315. The first-order chi connectivity index (χ1) is 7.03. The average Bonchev–Trinajstić information content (AvgIpc) is 2.27. The third kappa shape index (κ3) is 2.02. The van der Waals surface area contributed by atoms with Crippen molar-refractivity contribution in [2.75, 3.05) is 5.75 Å². The summed E-state index contributed by atoms with van der Waals surface area (Å²) in [4.78, 5) is 11.8. The van der Waals surface area contributed by atoms with E-state index >= 15 is 0 Å². The van der Waals surface area contributed by atoms with Crippen molar-refractivity contribution in [3.63, 3.8) is 0 Å². The average molecular weight is 248 g/mol. The van der Waals surface area contributed by atoms with Gasteiger partial charge in [0.05, 0.1) is 11.2 Å². The molecule has 16 heavy (non-hydrogen) atoms. The minimum atomic E-state index is -4.13. The third-order valence-corrected chi connectivity index (χ3v) is 5.43. The highest BCUT2D eigenvalue weighted by atomic mass is 32.2. The Morgan fingerprint density at radius 1 is 1.44 bits per heavy atom. The molecule has 1 N–H and O–H groups in total. The molecule has 1 aliphatic carbocycles. The fourth-order valence-corrected chi connectivity index (χ4v) is 4.26. The Bertz CT molecular complexity index is 396. The molecule has 0 saturated heterocycles. The molecule has 1 aliphatic rings. The van der Waals surface area contributed by atoms with E-state index in [1.807, 2.05) is 20.8 Å². The van der Waals surface area contributed by atoms with Crippen molar-refractivity contribution in [2.45, 2.75) is 40.5 Å². The standard InChI is InChI=1S/C11H20O4S/c1-8-5-6-11(9(2)12,10(8,3)4)7-16(13,14)15/h8H,5-7H2,1-4H3,(H,13,14,15). The quantitative estimate of drug-likeness (QED) is 0.774. The highest BCUT2D eigenvalue weighted by Crippen LogP contribution is 2.56. The second kappa shape index (κ2) is 3.81. The molecule has 0 aromatic rings. The van der Waals surface area contributed by atoms with E-state index in [1.54, 1.807) is 0 Å². The van der Waals surface area contributed by atoms with Gasteiger partial charge in [-0.15, -0.1) is 0 Å². The first-order valence-corrected chi connectivity index (χ1v) is 7.10. The lowest BCUT2D eigenvalue weighted by Crippen LogP contribution is -2.46. The predicted octanol–water partition coefficient (Wildman–Crippen LogP) is 1.91. The molecule has 1 saturated carbocycles. The predicted molar refractivity (Wildman–Crippen MR) is 61.7 cm³/mol. The van der Waals surface area contributed by atoms with Gasteiger partial charge in [-0.3, -0.25) is 9.35 Å². The monoisotopic (exact) mass is 248 g/mol. The SMILES string of the molecule is CC(=O)C1(CS(=O)(=O)O)CCC(C)C1(C)C. The Morgan fingerprint density at radius 2 is 1.94 bits per heavy atom. The largest absolute Gasteiger partial charge is 0.299 e. The van der Waals surface area contributed by atoms with Gasteiger partial charge in [-0.2, -0.15) is 8.42 Å². The van der Waals surface area contributed by atoms with Crippen LogP contribution >= 0.6 is 0 Å². The lowest BCUT2D eigenvalue weighted by molar-refractivity contribution is -0.130. The van der Waals surface area contributed by atoms with Gasteiger partial charge in [-0.05, 0) is 31.1 Å². The number of carbonyl (C=O) groups is 1. The maximum atomic E-state index is 11.8. The van der Waals surface area contributed by atoms with Crippen molar-refractivity contribution in [1.82, 2.24) is 0 Å². The number of Topliss-reactive ketones (excluding diaryl/α,β-unsaturated/α-hetero) is 1. The van der Waals surface area contributed by atoms with Crippen LogP contribution in [0.5, 0.6) is 0 Å². The third-order valence-electron chi connectivity index (χ3n) is 4.57. The summed E-state index contributed by atoms with van der Waals surface area (Å²) in [5, 5.41) is 0. The van der Waals surface area contributed by atoms with E-state index in [9.17, 15) is 13.2 Å². The summed E-state index contributed by atoms with van der Waals surface area (Å²) in [5.41, 5.74) is -1.32. The molecular weight excluding hydrogens is 228 g/mol. The second-order valence-corrected chi connectivity index (χ2v) is 6.98. The van der Waals surface area contributed by atoms with Crippen LogP contribution in [-0.2, 0) is 14.9 Å². The first-order valence-electron chi connectivity index (χ1n) is 5.49. The van der Waals surface area contributed by atoms with Gasteiger partial charge in [0, 0.05) is 0 Å². The van der Waals surface area contributed by atoms with Gasteiger partial charge in [0.2, 0.25) is 0 Å². The van der Waals surface area contributed by atoms with Crippen LogP contribution in [0.3, 0.4) is 0 Å². The van der Waals surface area contributed by atoms with Crippen molar-refractivity contribution in [1.29, 1.82) is 0 Å². The van der Waals surface area contributed by atoms with Crippen LogP contribution in [0.1, 0.15) is 40.5 Å². The number of hydrogen-bond acceptors (Lipinski definition) is 3. The molecule has 1 fully saturated rings. The molecule has 0 aromatic carbocycles. The summed E-state index contributed by atoms with van der Waals surface area (Å²) in [6, 6.07) is 0. The van der Waals surface area contributed by atoms with Crippen molar-refractivity contribution in [3.05, 3.63) is 0 Å². The topological polar surface area (TPSA) is 71.4 Å². The van der Waals surface area contributed by atoms with Gasteiger partial charge in [-0.1, -0.05) is 20.8 Å². The van der Waals surface area contributed by atoms with E-state index in [0.29, 0.717) is 6.42 Å². The number of hydrogen-bond donors (Lipinski definition) is 1. The van der Waals surface area contributed by atoms with E-state index < -0.39 is 26.7 Å². The molecule has 0 bridgehead atoms. The fraction of sp³-hybridized carbons (Fsp3) is 0.909. The smallest absolute Gasteiger partial charge is 0.265 e. The van der Waals surface area contributed by atoms with Crippen LogP contribution in [0.25, 0.3) is 0 Å². The molecule has 0 heterocycles. The van der Waals surface area contributed by atoms with Crippen molar-refractivity contribution in [3.8, 4) is 0 Å². The molecule has 2 unspecified atom stereocenters. The van der Waals surface area contributed by atoms with Gasteiger partial charge >= 0.3 is 0 Å². The van der Waals surface area contributed by atoms with E-state index in [1.165, 1.54) is 6.92 Å². The molecule has 0 aromatic heterocycles. The van der Waals surface area contributed by atoms with Gasteiger partial charge < -0.3 is 0 Å². The molecule has 0 aliphatic heterocycles. The molecular formula is C11H20O4S. The normalized spacial score (nSPS) is 33.9. The summed E-state index contributed by atoms with van der Waals surface area (Å²) in [6.45, 7) is 7.27. The number of rotatable bonds is 3. The van der Waals surface area contributed by atoms with Crippen LogP contribution in [0.2, 0.25) is 0 Å². The minimum Gasteiger partial charge on any atom is -0.299 e. The second-order valence-electron chi connectivity index (χ2n) is 5.53. The fourth-order valence-electron chi connectivity index (χ4n) is 2.92. The van der Waals surface area contributed by atoms with Crippen LogP contribution in [-0.4, -0.2) is 24.5 Å². The minimum absolute atomic E-state index is 0.139. The zero-order valence-corrected chi connectivity index (χ0v) is 11.1. The molecule has 4 nitrogen and oxygen atoms in total. The molecule has 0 spiro atoms. The van der Waals surface area contributed by atoms with Crippen LogP contribution in [0.4, 0.5) is 0 Å². The molecule has 2 atom stereocenters. The number of carbonyl (C=O) groups excluding carboxylic acids is 1. The Labute approximate surface area is 97.2 Å². The molecule has 5 heteroatoms. The highest BCUT2D eigenvalue weighted by Gasteiger charge is 2.57. The zero-order valence-electron chi connectivity index (χ0n) is 10.3. The van der Waals surface area contributed by atoms with E-state index in [4.69, 9.17) is 4.55 Å². The van der Waals surface area contributed by atoms with Crippen LogP contribution in [0, 0.1) is 16.7 Å². The summed E-state index contributed by atoms with van der Waals surface area (Å²) < 4.78 is 31.2. The van der Waals surface area contributed by atoms with E-state index in [2.05, 4.69) is 0 Å². The maximum absolute atomic E-state index is 11.8. The first kappa shape index (κ1) is 13.6. The van der Waals surface area contributed by atoms with Crippen molar-refractivity contribution in [2.24, 2.45) is 16.7 Å². The van der Waals surface area contributed by atoms with Crippen molar-refractivity contribution < 1.29 is 17.8 Å². The Hall–Kier alpha value is -0.420.